The van der Waals surface area contributed by atoms with E-state index in [0.29, 0.717) is 11.8 Å². The van der Waals surface area contributed by atoms with Crippen LogP contribution in [0, 0.1) is 0 Å². The first-order valence-corrected chi connectivity index (χ1v) is 7.89. The molecule has 22 heavy (non-hydrogen) atoms. The lowest BCUT2D eigenvalue weighted by molar-refractivity contribution is 0.190. The van der Waals surface area contributed by atoms with Crippen LogP contribution < -0.4 is 5.32 Å². The fourth-order valence-electron chi connectivity index (χ4n) is 2.83. The zero-order valence-corrected chi connectivity index (χ0v) is 13.5. The molecule has 0 saturated carbocycles. The summed E-state index contributed by atoms with van der Waals surface area (Å²) < 4.78 is 7.57. The van der Waals surface area contributed by atoms with E-state index in [1.54, 1.807) is 0 Å². The number of nitrogens with one attached hydrogen (secondary N) is 1. The van der Waals surface area contributed by atoms with Crippen LogP contribution in [0.2, 0.25) is 0 Å². The van der Waals surface area contributed by atoms with Crippen molar-refractivity contribution in [1.82, 2.24) is 29.9 Å². The normalized spacial score (nSPS) is 19.9. The summed E-state index contributed by atoms with van der Waals surface area (Å²) in [5.74, 6) is 2.97. The summed E-state index contributed by atoms with van der Waals surface area (Å²) in [6, 6.07) is 0.200. The van der Waals surface area contributed by atoms with Crippen molar-refractivity contribution in [1.29, 1.82) is 0 Å². The van der Waals surface area contributed by atoms with Gasteiger partial charge in [0.15, 0.2) is 5.82 Å². The molecule has 1 atom stereocenters. The smallest absolute Gasteiger partial charge is 0.228 e. The molecular formula is C15H24N6O. The Morgan fingerprint density at radius 3 is 3.09 bits per heavy atom. The fraction of sp³-hybridized carbons (Fsp3) is 0.667. The molecule has 0 bridgehead atoms. The van der Waals surface area contributed by atoms with Gasteiger partial charge in [0.2, 0.25) is 5.89 Å². The highest BCUT2D eigenvalue weighted by Gasteiger charge is 2.25. The van der Waals surface area contributed by atoms with Crippen LogP contribution in [0.25, 0.3) is 0 Å². The van der Waals surface area contributed by atoms with Gasteiger partial charge in [0.05, 0.1) is 6.04 Å². The number of aryl methyl sites for hydroxylation is 2. The Morgan fingerprint density at radius 1 is 1.45 bits per heavy atom. The van der Waals surface area contributed by atoms with Gasteiger partial charge >= 0.3 is 0 Å². The van der Waals surface area contributed by atoms with Gasteiger partial charge in [-0.1, -0.05) is 19.0 Å². The fourth-order valence-corrected chi connectivity index (χ4v) is 2.83. The van der Waals surface area contributed by atoms with Gasteiger partial charge in [-0.2, -0.15) is 4.98 Å². The highest BCUT2D eigenvalue weighted by Crippen LogP contribution is 2.18. The third kappa shape index (κ3) is 3.20. The Labute approximate surface area is 130 Å². The van der Waals surface area contributed by atoms with Crippen molar-refractivity contribution < 1.29 is 4.52 Å². The maximum Gasteiger partial charge on any atom is 0.228 e. The Bertz CT molecular complexity index is 605. The summed E-state index contributed by atoms with van der Waals surface area (Å²) in [6.07, 6.45) is 4.58. The van der Waals surface area contributed by atoms with E-state index in [1.807, 2.05) is 12.4 Å². The van der Waals surface area contributed by atoms with Crippen LogP contribution in [0.15, 0.2) is 16.9 Å². The number of aromatic nitrogens is 4. The minimum atomic E-state index is 0.200. The van der Waals surface area contributed by atoms with Gasteiger partial charge < -0.3 is 14.4 Å². The predicted octanol–water partition coefficient (Wildman–Crippen LogP) is 1.21. The molecule has 1 unspecified atom stereocenters. The molecule has 0 aliphatic carbocycles. The number of hydrogen-bond acceptors (Lipinski definition) is 6. The van der Waals surface area contributed by atoms with Crippen LogP contribution >= 0.6 is 0 Å². The predicted molar refractivity (Wildman–Crippen MR) is 82.6 cm³/mol. The lowest BCUT2D eigenvalue weighted by atomic mass is 10.2. The molecule has 7 heteroatoms. The van der Waals surface area contributed by atoms with Crippen LogP contribution in [0.5, 0.6) is 0 Å². The Hall–Kier alpha value is -1.73. The Morgan fingerprint density at radius 2 is 2.32 bits per heavy atom. The van der Waals surface area contributed by atoms with Crippen molar-refractivity contribution in [3.8, 4) is 0 Å². The Balaban J connectivity index is 1.63. The summed E-state index contributed by atoms with van der Waals surface area (Å²) in [5, 5.41) is 7.53. The molecule has 120 valence electrons. The van der Waals surface area contributed by atoms with Crippen molar-refractivity contribution in [2.45, 2.75) is 38.8 Å². The maximum atomic E-state index is 5.42. The summed E-state index contributed by atoms with van der Waals surface area (Å²) in [5.41, 5.74) is 0. The number of piperazine rings is 1. The van der Waals surface area contributed by atoms with Crippen LogP contribution in [0.4, 0.5) is 0 Å². The third-order valence-corrected chi connectivity index (χ3v) is 4.12. The zero-order valence-electron chi connectivity index (χ0n) is 13.5. The molecule has 1 aliphatic heterocycles. The van der Waals surface area contributed by atoms with Crippen LogP contribution in [-0.4, -0.2) is 51.3 Å². The molecule has 2 aromatic heterocycles. The number of likely N-dealkylation sites (N-methyl/N-ethyl adjacent to an activating group) is 1. The van der Waals surface area contributed by atoms with E-state index in [4.69, 9.17) is 4.52 Å². The van der Waals surface area contributed by atoms with Crippen LogP contribution in [0.1, 0.15) is 43.3 Å². The first-order valence-electron chi connectivity index (χ1n) is 7.89. The number of nitrogens with zero attached hydrogens (tertiary/aromatic N) is 5. The lowest BCUT2D eigenvalue weighted by Crippen LogP contribution is -2.44. The number of hydrogen-bond donors (Lipinski definition) is 1. The quantitative estimate of drug-likeness (QED) is 0.895. The Kier molecular flexibility index (Phi) is 4.54. The van der Waals surface area contributed by atoms with Gasteiger partial charge in [0.25, 0.3) is 0 Å². The third-order valence-electron chi connectivity index (χ3n) is 4.12. The second-order valence-corrected chi connectivity index (χ2v) is 6.13. The second-order valence-electron chi connectivity index (χ2n) is 6.13. The van der Waals surface area contributed by atoms with E-state index in [2.05, 4.69) is 50.8 Å². The first kappa shape index (κ1) is 15.2. The summed E-state index contributed by atoms with van der Waals surface area (Å²) in [4.78, 5) is 11.2. The van der Waals surface area contributed by atoms with Gasteiger partial charge in [0.1, 0.15) is 5.82 Å². The summed E-state index contributed by atoms with van der Waals surface area (Å²) >= 11 is 0. The van der Waals surface area contributed by atoms with Crippen molar-refractivity contribution >= 4 is 0 Å². The van der Waals surface area contributed by atoms with Crippen LogP contribution in [-0.2, 0) is 13.0 Å². The molecule has 0 amide bonds. The second kappa shape index (κ2) is 6.58. The monoisotopic (exact) mass is 304 g/mol. The number of rotatable bonds is 5. The minimum Gasteiger partial charge on any atom is -0.339 e. The molecule has 0 aromatic carbocycles. The van der Waals surface area contributed by atoms with Crippen molar-refractivity contribution in [2.24, 2.45) is 0 Å². The molecular weight excluding hydrogens is 280 g/mol. The highest BCUT2D eigenvalue weighted by atomic mass is 16.5. The molecule has 0 radical (unpaired) electrons. The van der Waals surface area contributed by atoms with E-state index in [9.17, 15) is 0 Å². The van der Waals surface area contributed by atoms with Gasteiger partial charge in [0, 0.05) is 50.9 Å². The average Bonchev–Trinajstić information content (AvgIpc) is 3.14. The molecule has 1 aliphatic rings. The molecule has 0 spiro atoms. The molecule has 1 saturated heterocycles. The van der Waals surface area contributed by atoms with Gasteiger partial charge in [-0.05, 0) is 7.05 Å². The molecule has 2 aromatic rings. The molecule has 7 nitrogen and oxygen atoms in total. The largest absolute Gasteiger partial charge is 0.339 e. The number of imidazole rings is 1. The SMILES string of the molecule is CC(C)c1nccn1CCc1nc(C2CNCCN2C)no1. The van der Waals surface area contributed by atoms with E-state index in [1.165, 1.54) is 0 Å². The lowest BCUT2D eigenvalue weighted by Gasteiger charge is -2.30. The molecule has 3 heterocycles. The van der Waals surface area contributed by atoms with Gasteiger partial charge in [-0.25, -0.2) is 4.98 Å². The van der Waals surface area contributed by atoms with E-state index < -0.39 is 0 Å². The summed E-state index contributed by atoms with van der Waals surface area (Å²) in [7, 11) is 2.10. The topological polar surface area (TPSA) is 72.0 Å². The minimum absolute atomic E-state index is 0.200. The summed E-state index contributed by atoms with van der Waals surface area (Å²) in [6.45, 7) is 7.99. The van der Waals surface area contributed by atoms with Crippen molar-refractivity contribution in [3.05, 3.63) is 29.9 Å². The van der Waals surface area contributed by atoms with E-state index in [0.717, 1.165) is 44.2 Å². The van der Waals surface area contributed by atoms with Gasteiger partial charge in [-0.3, -0.25) is 4.90 Å². The van der Waals surface area contributed by atoms with E-state index in [-0.39, 0.29) is 6.04 Å². The van der Waals surface area contributed by atoms with Crippen LogP contribution in [0.3, 0.4) is 0 Å². The highest BCUT2D eigenvalue weighted by molar-refractivity contribution is 5.00. The standard InChI is InChI=1S/C15H24N6O/c1-11(2)15-17-6-9-21(15)7-4-13-18-14(19-22-13)12-10-16-5-8-20(12)3/h6,9,11-12,16H,4-5,7-8,10H2,1-3H3. The van der Waals surface area contributed by atoms with Crippen molar-refractivity contribution in [2.75, 3.05) is 26.7 Å². The average molecular weight is 304 g/mol. The maximum absolute atomic E-state index is 5.42. The molecule has 1 fully saturated rings. The van der Waals surface area contributed by atoms with Crippen molar-refractivity contribution in [3.63, 3.8) is 0 Å². The molecule has 3 rings (SSSR count). The first-order chi connectivity index (χ1) is 10.6. The van der Waals surface area contributed by atoms with Gasteiger partial charge in [-0.15, -0.1) is 0 Å². The van der Waals surface area contributed by atoms with E-state index >= 15 is 0 Å². The zero-order chi connectivity index (χ0) is 15.5. The molecule has 1 N–H and O–H groups in total.